The van der Waals surface area contributed by atoms with Crippen LogP contribution in [0.5, 0.6) is 5.75 Å². The lowest BCUT2D eigenvalue weighted by Gasteiger charge is -2.07. The zero-order valence-electron chi connectivity index (χ0n) is 10.4. The highest BCUT2D eigenvalue weighted by molar-refractivity contribution is 5.61. The summed E-state index contributed by atoms with van der Waals surface area (Å²) in [6.45, 7) is 0.764. The first-order valence-corrected chi connectivity index (χ1v) is 5.56. The Morgan fingerprint density at radius 1 is 1.41 bits per heavy atom. The average Bonchev–Trinajstić information content (AvgIpc) is 2.72. The monoisotopic (exact) mass is 231 g/mol. The molecule has 0 aliphatic carbocycles. The molecule has 0 amide bonds. The van der Waals surface area contributed by atoms with Crippen molar-refractivity contribution in [1.82, 2.24) is 14.9 Å². The van der Waals surface area contributed by atoms with E-state index in [1.807, 2.05) is 38.5 Å². The first-order chi connectivity index (χ1) is 8.26. The summed E-state index contributed by atoms with van der Waals surface area (Å²) in [5.74, 6) is 1.88. The van der Waals surface area contributed by atoms with Crippen LogP contribution in [0, 0.1) is 0 Å². The number of nitrogens with zero attached hydrogens (tertiary/aromatic N) is 2. The van der Waals surface area contributed by atoms with E-state index in [4.69, 9.17) is 4.74 Å². The number of ether oxygens (including phenoxy) is 1. The summed E-state index contributed by atoms with van der Waals surface area (Å²) in [5.41, 5.74) is 2.20. The summed E-state index contributed by atoms with van der Waals surface area (Å²) < 4.78 is 7.32. The fraction of sp³-hybridized carbons (Fsp3) is 0.308. The van der Waals surface area contributed by atoms with Gasteiger partial charge < -0.3 is 14.6 Å². The maximum absolute atomic E-state index is 5.23. The van der Waals surface area contributed by atoms with Crippen LogP contribution >= 0.6 is 0 Å². The minimum atomic E-state index is 0.764. The normalized spacial score (nSPS) is 10.5. The molecule has 0 spiro atoms. The summed E-state index contributed by atoms with van der Waals surface area (Å²) in [6.07, 6.45) is 1.89. The van der Waals surface area contributed by atoms with Crippen molar-refractivity contribution in [1.29, 1.82) is 0 Å². The van der Waals surface area contributed by atoms with Crippen LogP contribution in [0.4, 0.5) is 0 Å². The summed E-state index contributed by atoms with van der Waals surface area (Å²) in [4.78, 5) is 4.40. The lowest BCUT2D eigenvalue weighted by molar-refractivity contribution is 0.415. The molecular weight excluding hydrogens is 214 g/mol. The lowest BCUT2D eigenvalue weighted by atomic mass is 10.1. The predicted octanol–water partition coefficient (Wildman–Crippen LogP) is 1.82. The molecule has 0 bridgehead atoms. The minimum Gasteiger partial charge on any atom is -0.497 e. The van der Waals surface area contributed by atoms with Gasteiger partial charge in [-0.1, -0.05) is 12.1 Å². The number of methoxy groups -OCH3 is 1. The standard InChI is InChI=1S/C13H17N3O/c1-14-9-13-15-8-12(16(13)2)10-5-4-6-11(7-10)17-3/h4-8,14H,9H2,1-3H3. The zero-order valence-corrected chi connectivity index (χ0v) is 10.4. The molecule has 4 heteroatoms. The fourth-order valence-electron chi connectivity index (χ4n) is 1.82. The molecule has 4 nitrogen and oxygen atoms in total. The van der Waals surface area contributed by atoms with Crippen molar-refractivity contribution in [2.45, 2.75) is 6.54 Å². The maximum atomic E-state index is 5.23. The lowest BCUT2D eigenvalue weighted by Crippen LogP contribution is -2.10. The topological polar surface area (TPSA) is 39.1 Å². The van der Waals surface area contributed by atoms with Gasteiger partial charge >= 0.3 is 0 Å². The molecule has 1 aromatic heterocycles. The highest BCUT2D eigenvalue weighted by atomic mass is 16.5. The van der Waals surface area contributed by atoms with Gasteiger partial charge in [-0.05, 0) is 19.2 Å². The maximum Gasteiger partial charge on any atom is 0.122 e. The third-order valence-electron chi connectivity index (χ3n) is 2.78. The molecule has 0 aliphatic heterocycles. The van der Waals surface area contributed by atoms with Gasteiger partial charge in [-0.15, -0.1) is 0 Å². The van der Waals surface area contributed by atoms with E-state index in [2.05, 4.69) is 20.9 Å². The van der Waals surface area contributed by atoms with E-state index >= 15 is 0 Å². The number of aromatic nitrogens is 2. The molecule has 90 valence electrons. The van der Waals surface area contributed by atoms with Gasteiger partial charge in [0.2, 0.25) is 0 Å². The number of benzene rings is 1. The molecule has 2 aromatic rings. The molecule has 17 heavy (non-hydrogen) atoms. The van der Waals surface area contributed by atoms with Gasteiger partial charge in [0.05, 0.1) is 25.5 Å². The second-order valence-electron chi connectivity index (χ2n) is 3.88. The predicted molar refractivity (Wildman–Crippen MR) is 68.0 cm³/mol. The molecule has 0 saturated heterocycles. The van der Waals surface area contributed by atoms with Crippen molar-refractivity contribution >= 4 is 0 Å². The van der Waals surface area contributed by atoms with Crippen LogP contribution in [0.25, 0.3) is 11.3 Å². The van der Waals surface area contributed by atoms with Gasteiger partial charge in [-0.25, -0.2) is 4.98 Å². The van der Waals surface area contributed by atoms with E-state index in [0.29, 0.717) is 0 Å². The van der Waals surface area contributed by atoms with Crippen LogP contribution in [0.1, 0.15) is 5.82 Å². The first-order valence-electron chi connectivity index (χ1n) is 5.56. The van der Waals surface area contributed by atoms with E-state index in [1.54, 1.807) is 7.11 Å². The number of imidazole rings is 1. The third-order valence-corrected chi connectivity index (χ3v) is 2.78. The minimum absolute atomic E-state index is 0.764. The van der Waals surface area contributed by atoms with E-state index in [-0.39, 0.29) is 0 Å². The molecule has 1 N–H and O–H groups in total. The second kappa shape index (κ2) is 5.01. The summed E-state index contributed by atoms with van der Waals surface area (Å²) in [7, 11) is 5.61. The van der Waals surface area contributed by atoms with Crippen molar-refractivity contribution in [2.24, 2.45) is 7.05 Å². The molecule has 0 fully saturated rings. The second-order valence-corrected chi connectivity index (χ2v) is 3.88. The Morgan fingerprint density at radius 3 is 2.94 bits per heavy atom. The highest BCUT2D eigenvalue weighted by Crippen LogP contribution is 2.23. The van der Waals surface area contributed by atoms with Crippen molar-refractivity contribution in [3.8, 4) is 17.0 Å². The van der Waals surface area contributed by atoms with Crippen molar-refractivity contribution in [3.05, 3.63) is 36.3 Å². The van der Waals surface area contributed by atoms with Crippen LogP contribution < -0.4 is 10.1 Å². The smallest absolute Gasteiger partial charge is 0.122 e. The quantitative estimate of drug-likeness (QED) is 0.872. The molecule has 1 aromatic carbocycles. The van der Waals surface area contributed by atoms with E-state index in [9.17, 15) is 0 Å². The molecule has 0 radical (unpaired) electrons. The van der Waals surface area contributed by atoms with Crippen LogP contribution in [0.3, 0.4) is 0 Å². The molecular formula is C13H17N3O. The van der Waals surface area contributed by atoms with Crippen molar-refractivity contribution in [3.63, 3.8) is 0 Å². The Morgan fingerprint density at radius 2 is 2.24 bits per heavy atom. The van der Waals surface area contributed by atoms with Gasteiger partial charge in [0.25, 0.3) is 0 Å². The van der Waals surface area contributed by atoms with Crippen molar-refractivity contribution in [2.75, 3.05) is 14.2 Å². The first kappa shape index (κ1) is 11.7. The van der Waals surface area contributed by atoms with E-state index < -0.39 is 0 Å². The van der Waals surface area contributed by atoms with Crippen molar-refractivity contribution < 1.29 is 4.74 Å². The fourth-order valence-corrected chi connectivity index (χ4v) is 1.82. The van der Waals surface area contributed by atoms with Gasteiger partial charge in [0.15, 0.2) is 0 Å². The number of hydrogen-bond donors (Lipinski definition) is 1. The van der Waals surface area contributed by atoms with Crippen LogP contribution in [0.15, 0.2) is 30.5 Å². The Hall–Kier alpha value is -1.81. The number of nitrogens with one attached hydrogen (secondary N) is 1. The van der Waals surface area contributed by atoms with Gasteiger partial charge in [-0.3, -0.25) is 0 Å². The van der Waals surface area contributed by atoms with E-state index in [1.165, 1.54) is 0 Å². The number of rotatable bonds is 4. The molecule has 0 saturated carbocycles. The van der Waals surface area contributed by atoms with Crippen LogP contribution in [-0.2, 0) is 13.6 Å². The average molecular weight is 231 g/mol. The van der Waals surface area contributed by atoms with E-state index in [0.717, 1.165) is 29.4 Å². The third kappa shape index (κ3) is 2.31. The largest absolute Gasteiger partial charge is 0.497 e. The summed E-state index contributed by atoms with van der Waals surface area (Å²) >= 11 is 0. The Labute approximate surface area is 101 Å². The Bertz CT molecular complexity index is 505. The Kier molecular flexibility index (Phi) is 3.44. The van der Waals surface area contributed by atoms with Crippen LogP contribution in [0.2, 0.25) is 0 Å². The van der Waals surface area contributed by atoms with Crippen LogP contribution in [-0.4, -0.2) is 23.7 Å². The SMILES string of the molecule is CNCc1ncc(-c2cccc(OC)c2)n1C. The summed E-state index contributed by atoms with van der Waals surface area (Å²) in [6, 6.07) is 8.00. The van der Waals surface area contributed by atoms with Gasteiger partial charge in [-0.2, -0.15) is 0 Å². The Balaban J connectivity index is 2.38. The zero-order chi connectivity index (χ0) is 12.3. The molecule has 2 rings (SSSR count). The summed E-state index contributed by atoms with van der Waals surface area (Å²) in [5, 5.41) is 3.10. The highest BCUT2D eigenvalue weighted by Gasteiger charge is 2.08. The molecule has 1 heterocycles. The molecule has 0 aliphatic rings. The van der Waals surface area contributed by atoms with Gasteiger partial charge in [0, 0.05) is 12.6 Å². The molecule has 0 atom stereocenters. The molecule has 0 unspecified atom stereocenters. The van der Waals surface area contributed by atoms with Gasteiger partial charge in [0.1, 0.15) is 11.6 Å². The number of hydrogen-bond acceptors (Lipinski definition) is 3.